The number of fused-ring (bicyclic) bond motifs is 2. The Kier molecular flexibility index (Phi) is 2.70. The van der Waals surface area contributed by atoms with E-state index in [-0.39, 0.29) is 0 Å². The van der Waals surface area contributed by atoms with E-state index in [9.17, 15) is 0 Å². The first-order chi connectivity index (χ1) is 6.95. The molecule has 2 bridgehead atoms. The van der Waals surface area contributed by atoms with E-state index in [0.717, 1.165) is 17.8 Å². The summed E-state index contributed by atoms with van der Waals surface area (Å²) in [4.78, 5) is 0. The van der Waals surface area contributed by atoms with Crippen molar-refractivity contribution in [1.82, 2.24) is 0 Å². The van der Waals surface area contributed by atoms with Gasteiger partial charge in [-0.15, -0.1) is 0 Å². The highest BCUT2D eigenvalue weighted by molar-refractivity contribution is 5.30. The van der Waals surface area contributed by atoms with Gasteiger partial charge in [0.2, 0.25) is 0 Å². The molecule has 2 aliphatic rings. The number of hydrogen-bond donors (Lipinski definition) is 1. The Bertz CT molecular complexity index is 290. The van der Waals surface area contributed by atoms with Crippen molar-refractivity contribution < 1.29 is 0 Å². The third-order valence-corrected chi connectivity index (χ3v) is 5.03. The van der Waals surface area contributed by atoms with Crippen molar-refractivity contribution in [2.24, 2.45) is 35.3 Å². The first-order valence-corrected chi connectivity index (χ1v) is 6.38. The van der Waals surface area contributed by atoms with Gasteiger partial charge in [0, 0.05) is 6.04 Å². The third kappa shape index (κ3) is 1.47. The maximum atomic E-state index is 6.44. The van der Waals surface area contributed by atoms with Gasteiger partial charge in [-0.1, -0.05) is 31.9 Å². The molecule has 0 radical (unpaired) electrons. The highest BCUT2D eigenvalue weighted by Crippen LogP contribution is 2.52. The molecule has 1 saturated carbocycles. The highest BCUT2D eigenvalue weighted by Gasteiger charge is 2.48. The van der Waals surface area contributed by atoms with E-state index in [1.54, 1.807) is 11.1 Å². The second-order valence-electron chi connectivity index (χ2n) is 6.12. The van der Waals surface area contributed by atoms with E-state index in [1.807, 2.05) is 0 Å². The van der Waals surface area contributed by atoms with Gasteiger partial charge in [-0.05, 0) is 49.9 Å². The van der Waals surface area contributed by atoms with E-state index < -0.39 is 0 Å². The zero-order valence-electron chi connectivity index (χ0n) is 10.7. The molecular weight excluding hydrogens is 182 g/mol. The van der Waals surface area contributed by atoms with E-state index in [1.165, 1.54) is 6.42 Å². The minimum absolute atomic E-state index is 0.404. The Hall–Kier alpha value is -0.300. The summed E-state index contributed by atoms with van der Waals surface area (Å²) in [6.07, 6.45) is 1.37. The maximum Gasteiger partial charge on any atom is 0.0176 e. The quantitative estimate of drug-likeness (QED) is 0.656. The van der Waals surface area contributed by atoms with Crippen molar-refractivity contribution >= 4 is 0 Å². The summed E-state index contributed by atoms with van der Waals surface area (Å²) in [5.41, 5.74) is 9.65. The molecule has 0 aromatic carbocycles. The molecule has 0 heterocycles. The molecule has 3 unspecified atom stereocenters. The molecule has 1 fully saturated rings. The summed E-state index contributed by atoms with van der Waals surface area (Å²) in [6, 6.07) is 0.404. The van der Waals surface area contributed by atoms with Crippen LogP contribution in [0.1, 0.15) is 41.0 Å². The Morgan fingerprint density at radius 1 is 1.13 bits per heavy atom. The lowest BCUT2D eigenvalue weighted by molar-refractivity contribution is 0.124. The van der Waals surface area contributed by atoms with Crippen LogP contribution < -0.4 is 5.73 Å². The smallest absolute Gasteiger partial charge is 0.0176 e. The fourth-order valence-corrected chi connectivity index (χ4v) is 4.15. The van der Waals surface area contributed by atoms with Gasteiger partial charge in [-0.2, -0.15) is 0 Å². The van der Waals surface area contributed by atoms with Gasteiger partial charge >= 0.3 is 0 Å². The van der Waals surface area contributed by atoms with E-state index >= 15 is 0 Å². The van der Waals surface area contributed by atoms with Crippen molar-refractivity contribution in [3.05, 3.63) is 11.1 Å². The van der Waals surface area contributed by atoms with Gasteiger partial charge in [0.05, 0.1) is 0 Å². The zero-order chi connectivity index (χ0) is 11.3. The molecule has 2 N–H and O–H groups in total. The topological polar surface area (TPSA) is 26.0 Å². The maximum absolute atomic E-state index is 6.44. The van der Waals surface area contributed by atoms with Crippen LogP contribution in [0.3, 0.4) is 0 Å². The van der Waals surface area contributed by atoms with Crippen LogP contribution in [0, 0.1) is 29.6 Å². The normalized spacial score (nSPS) is 45.4. The summed E-state index contributed by atoms with van der Waals surface area (Å²) >= 11 is 0. The van der Waals surface area contributed by atoms with Crippen LogP contribution in [-0.2, 0) is 0 Å². The molecule has 2 aliphatic carbocycles. The number of rotatable bonds is 1. The van der Waals surface area contributed by atoms with E-state index in [0.29, 0.717) is 17.9 Å². The average molecular weight is 207 g/mol. The average Bonchev–Trinajstić information content (AvgIpc) is 2.28. The van der Waals surface area contributed by atoms with Crippen LogP contribution in [0.2, 0.25) is 0 Å². The Balaban J connectivity index is 2.37. The van der Waals surface area contributed by atoms with Crippen molar-refractivity contribution in [2.75, 3.05) is 0 Å². The minimum atomic E-state index is 0.404. The third-order valence-electron chi connectivity index (χ3n) is 5.03. The lowest BCUT2D eigenvalue weighted by Gasteiger charge is -2.42. The zero-order valence-corrected chi connectivity index (χ0v) is 10.7. The molecule has 2 rings (SSSR count). The first kappa shape index (κ1) is 11.2. The molecule has 86 valence electrons. The van der Waals surface area contributed by atoms with Gasteiger partial charge in [0.1, 0.15) is 0 Å². The summed E-state index contributed by atoms with van der Waals surface area (Å²) in [5.74, 6) is 3.70. The fourth-order valence-electron chi connectivity index (χ4n) is 4.15. The Labute approximate surface area is 94.1 Å². The van der Waals surface area contributed by atoms with Gasteiger partial charge in [0.25, 0.3) is 0 Å². The molecule has 5 atom stereocenters. The SMILES string of the molecule is CC1=C(C)C2C(N)C1[C@@H](C(C)C)C[C@@H]2C. The Morgan fingerprint density at radius 3 is 2.20 bits per heavy atom. The molecule has 1 nitrogen and oxygen atoms in total. The predicted molar refractivity (Wildman–Crippen MR) is 65.4 cm³/mol. The van der Waals surface area contributed by atoms with Crippen LogP contribution in [-0.4, -0.2) is 6.04 Å². The van der Waals surface area contributed by atoms with Crippen molar-refractivity contribution in [3.8, 4) is 0 Å². The number of hydrogen-bond acceptors (Lipinski definition) is 1. The van der Waals surface area contributed by atoms with Crippen LogP contribution >= 0.6 is 0 Å². The number of nitrogens with two attached hydrogens (primary N) is 1. The van der Waals surface area contributed by atoms with Crippen molar-refractivity contribution in [3.63, 3.8) is 0 Å². The lowest BCUT2D eigenvalue weighted by Crippen LogP contribution is -2.46. The van der Waals surface area contributed by atoms with Gasteiger partial charge < -0.3 is 5.73 Å². The van der Waals surface area contributed by atoms with E-state index in [4.69, 9.17) is 5.73 Å². The molecule has 0 amide bonds. The Morgan fingerprint density at radius 2 is 1.67 bits per heavy atom. The molecule has 1 heteroatoms. The molecular formula is C14H25N. The van der Waals surface area contributed by atoms with Gasteiger partial charge in [-0.3, -0.25) is 0 Å². The summed E-state index contributed by atoms with van der Waals surface area (Å²) < 4.78 is 0. The summed E-state index contributed by atoms with van der Waals surface area (Å²) in [5, 5.41) is 0. The monoisotopic (exact) mass is 207 g/mol. The summed E-state index contributed by atoms with van der Waals surface area (Å²) in [6.45, 7) is 11.7. The van der Waals surface area contributed by atoms with Gasteiger partial charge in [0.15, 0.2) is 0 Å². The minimum Gasteiger partial charge on any atom is -0.327 e. The van der Waals surface area contributed by atoms with Crippen LogP contribution in [0.15, 0.2) is 11.1 Å². The second kappa shape index (κ2) is 3.62. The largest absolute Gasteiger partial charge is 0.327 e. The molecule has 0 aromatic rings. The van der Waals surface area contributed by atoms with E-state index in [2.05, 4.69) is 34.6 Å². The van der Waals surface area contributed by atoms with Crippen molar-refractivity contribution in [2.45, 2.75) is 47.1 Å². The second-order valence-corrected chi connectivity index (χ2v) is 6.12. The standard InChI is InChI=1S/C14H25N/c1-7(2)11-6-8(3)12-9(4)10(5)13(11)14(12)15/h7-8,11-14H,6,15H2,1-5H3/t8-,11+,12?,13?,14?/m0/s1. The van der Waals surface area contributed by atoms with Crippen molar-refractivity contribution in [1.29, 1.82) is 0 Å². The molecule has 0 saturated heterocycles. The fraction of sp³-hybridized carbons (Fsp3) is 0.857. The first-order valence-electron chi connectivity index (χ1n) is 6.38. The molecule has 0 aromatic heterocycles. The van der Waals surface area contributed by atoms with Gasteiger partial charge in [-0.25, -0.2) is 0 Å². The molecule has 0 spiro atoms. The van der Waals surface area contributed by atoms with Crippen LogP contribution in [0.4, 0.5) is 0 Å². The predicted octanol–water partition coefficient (Wildman–Crippen LogP) is 3.21. The van der Waals surface area contributed by atoms with Crippen LogP contribution in [0.5, 0.6) is 0 Å². The highest BCUT2D eigenvalue weighted by atomic mass is 14.7. The molecule has 0 aliphatic heterocycles. The van der Waals surface area contributed by atoms with Crippen LogP contribution in [0.25, 0.3) is 0 Å². The lowest BCUT2D eigenvalue weighted by atomic mass is 9.65. The summed E-state index contributed by atoms with van der Waals surface area (Å²) in [7, 11) is 0. The molecule has 15 heavy (non-hydrogen) atoms.